The van der Waals surface area contributed by atoms with Crippen LogP contribution in [0.5, 0.6) is 0 Å². The first-order valence-electron chi connectivity index (χ1n) is 6.72. The fourth-order valence-electron chi connectivity index (χ4n) is 2.28. The molecule has 0 aliphatic heterocycles. The first-order chi connectivity index (χ1) is 10.5. The Bertz CT molecular complexity index is 921. The third-order valence-electron chi connectivity index (χ3n) is 3.57. The number of rotatable bonds is 3. The Morgan fingerprint density at radius 3 is 2.18 bits per heavy atom. The lowest BCUT2D eigenvalue weighted by atomic mass is 10.1. The molecule has 0 saturated carbocycles. The number of nitrogens with zero attached hydrogens (tertiary/aromatic N) is 1. The minimum absolute atomic E-state index is 0.207. The van der Waals surface area contributed by atoms with Crippen molar-refractivity contribution in [2.75, 3.05) is 11.4 Å². The zero-order chi connectivity index (χ0) is 15.7. The number of anilines is 1. The summed E-state index contributed by atoms with van der Waals surface area (Å²) < 4.78 is 39.5. The third-order valence-corrected chi connectivity index (χ3v) is 5.35. The normalized spacial score (nSPS) is 11.5. The van der Waals surface area contributed by atoms with Gasteiger partial charge in [-0.15, -0.1) is 0 Å². The summed E-state index contributed by atoms with van der Waals surface area (Å²) in [5.41, 5.74) is 0.412. The van der Waals surface area contributed by atoms with E-state index >= 15 is 0 Å². The molecule has 3 aromatic carbocycles. The van der Waals surface area contributed by atoms with Crippen LogP contribution in [0.4, 0.5) is 10.1 Å². The van der Waals surface area contributed by atoms with Crippen molar-refractivity contribution in [1.82, 2.24) is 0 Å². The molecule has 0 aliphatic rings. The maximum Gasteiger partial charge on any atom is 0.264 e. The number of hydrogen-bond acceptors (Lipinski definition) is 2. The predicted octanol–water partition coefficient (Wildman–Crippen LogP) is 3.80. The molecule has 3 aromatic rings. The van der Waals surface area contributed by atoms with Gasteiger partial charge in [-0.25, -0.2) is 12.8 Å². The van der Waals surface area contributed by atoms with Gasteiger partial charge in [0.25, 0.3) is 10.0 Å². The van der Waals surface area contributed by atoms with E-state index in [1.807, 2.05) is 24.3 Å². The van der Waals surface area contributed by atoms with Crippen molar-refractivity contribution in [3.05, 3.63) is 72.5 Å². The van der Waals surface area contributed by atoms with Crippen molar-refractivity contribution in [1.29, 1.82) is 0 Å². The van der Waals surface area contributed by atoms with Crippen LogP contribution in [-0.2, 0) is 10.0 Å². The SMILES string of the molecule is CN(c1ccc(F)cc1)S(=O)(=O)c1ccc2ccccc2c1. The first kappa shape index (κ1) is 14.5. The van der Waals surface area contributed by atoms with Gasteiger partial charge >= 0.3 is 0 Å². The number of fused-ring (bicyclic) bond motifs is 1. The van der Waals surface area contributed by atoms with E-state index in [2.05, 4.69) is 0 Å². The highest BCUT2D eigenvalue weighted by Crippen LogP contribution is 2.25. The molecule has 0 N–H and O–H groups in total. The van der Waals surface area contributed by atoms with E-state index < -0.39 is 15.8 Å². The molecule has 0 fully saturated rings. The summed E-state index contributed by atoms with van der Waals surface area (Å²) in [6.07, 6.45) is 0. The highest BCUT2D eigenvalue weighted by molar-refractivity contribution is 7.92. The number of sulfonamides is 1. The predicted molar refractivity (Wildman–Crippen MR) is 85.9 cm³/mol. The third kappa shape index (κ3) is 2.55. The Hall–Kier alpha value is -2.40. The summed E-state index contributed by atoms with van der Waals surface area (Å²) in [7, 11) is -2.23. The van der Waals surface area contributed by atoms with Crippen LogP contribution in [0.3, 0.4) is 0 Å². The van der Waals surface area contributed by atoms with Gasteiger partial charge in [-0.2, -0.15) is 0 Å². The van der Waals surface area contributed by atoms with E-state index in [4.69, 9.17) is 0 Å². The lowest BCUT2D eigenvalue weighted by Crippen LogP contribution is -2.26. The van der Waals surface area contributed by atoms with E-state index in [-0.39, 0.29) is 4.90 Å². The number of hydrogen-bond donors (Lipinski definition) is 0. The molecule has 0 radical (unpaired) electrons. The Morgan fingerprint density at radius 2 is 1.50 bits per heavy atom. The maximum absolute atomic E-state index is 13.0. The fraction of sp³-hybridized carbons (Fsp3) is 0.0588. The van der Waals surface area contributed by atoms with E-state index in [1.54, 1.807) is 18.2 Å². The summed E-state index contributed by atoms with van der Waals surface area (Å²) in [6.45, 7) is 0. The number of halogens is 1. The molecule has 3 nitrogen and oxygen atoms in total. The monoisotopic (exact) mass is 315 g/mol. The average molecular weight is 315 g/mol. The summed E-state index contributed by atoms with van der Waals surface area (Å²) in [5, 5.41) is 1.84. The zero-order valence-electron chi connectivity index (χ0n) is 11.9. The summed E-state index contributed by atoms with van der Waals surface area (Å²) >= 11 is 0. The molecule has 0 spiro atoms. The van der Waals surface area contributed by atoms with Crippen LogP contribution in [0.15, 0.2) is 71.6 Å². The summed E-state index contributed by atoms with van der Waals surface area (Å²) in [4.78, 5) is 0.207. The molecule has 112 valence electrons. The van der Waals surface area contributed by atoms with Crippen molar-refractivity contribution in [2.24, 2.45) is 0 Å². The van der Waals surface area contributed by atoms with Crippen LogP contribution in [0.25, 0.3) is 10.8 Å². The van der Waals surface area contributed by atoms with Crippen molar-refractivity contribution in [2.45, 2.75) is 4.90 Å². The fourth-order valence-corrected chi connectivity index (χ4v) is 3.51. The second-order valence-electron chi connectivity index (χ2n) is 4.96. The molecule has 5 heteroatoms. The van der Waals surface area contributed by atoms with Crippen molar-refractivity contribution in [3.8, 4) is 0 Å². The minimum Gasteiger partial charge on any atom is -0.269 e. The largest absolute Gasteiger partial charge is 0.269 e. The molecule has 0 aliphatic carbocycles. The Labute approximate surface area is 128 Å². The van der Waals surface area contributed by atoms with Gasteiger partial charge in [0.15, 0.2) is 0 Å². The maximum atomic E-state index is 13.0. The molecule has 3 rings (SSSR count). The Balaban J connectivity index is 2.05. The molecule has 0 atom stereocenters. The van der Waals surface area contributed by atoms with E-state index in [0.29, 0.717) is 5.69 Å². The van der Waals surface area contributed by atoms with Crippen LogP contribution in [0.1, 0.15) is 0 Å². The summed E-state index contributed by atoms with van der Waals surface area (Å²) in [5.74, 6) is -0.403. The van der Waals surface area contributed by atoms with Crippen LogP contribution in [0.2, 0.25) is 0 Å². The van der Waals surface area contributed by atoms with Gasteiger partial charge in [-0.05, 0) is 47.2 Å². The smallest absolute Gasteiger partial charge is 0.264 e. The van der Waals surface area contributed by atoms with Crippen LogP contribution in [-0.4, -0.2) is 15.5 Å². The van der Waals surface area contributed by atoms with Gasteiger partial charge in [0.2, 0.25) is 0 Å². The second kappa shape index (κ2) is 5.42. The lowest BCUT2D eigenvalue weighted by molar-refractivity contribution is 0.594. The van der Waals surface area contributed by atoms with Crippen LogP contribution in [0, 0.1) is 5.82 Å². The van der Waals surface area contributed by atoms with Gasteiger partial charge in [0.1, 0.15) is 5.82 Å². The van der Waals surface area contributed by atoms with E-state index in [0.717, 1.165) is 15.1 Å². The molecule has 0 heterocycles. The summed E-state index contributed by atoms with van der Waals surface area (Å²) in [6, 6.07) is 17.9. The first-order valence-corrected chi connectivity index (χ1v) is 8.16. The standard InChI is InChI=1S/C17H14FNO2S/c1-19(16-9-7-15(18)8-10-16)22(20,21)17-11-6-13-4-2-3-5-14(13)12-17/h2-12H,1H3. The van der Waals surface area contributed by atoms with Gasteiger partial charge in [-0.1, -0.05) is 30.3 Å². The second-order valence-corrected chi connectivity index (χ2v) is 6.93. The van der Waals surface area contributed by atoms with Gasteiger partial charge in [0, 0.05) is 7.05 Å². The van der Waals surface area contributed by atoms with Gasteiger partial charge in [0.05, 0.1) is 10.6 Å². The Morgan fingerprint density at radius 1 is 0.864 bits per heavy atom. The van der Waals surface area contributed by atoms with Crippen molar-refractivity contribution >= 4 is 26.5 Å². The van der Waals surface area contributed by atoms with Gasteiger partial charge < -0.3 is 0 Å². The van der Waals surface area contributed by atoms with Gasteiger partial charge in [-0.3, -0.25) is 4.31 Å². The minimum atomic E-state index is -3.69. The highest BCUT2D eigenvalue weighted by Gasteiger charge is 2.21. The quantitative estimate of drug-likeness (QED) is 0.737. The van der Waals surface area contributed by atoms with E-state index in [1.165, 1.54) is 31.3 Å². The molecule has 0 amide bonds. The lowest BCUT2D eigenvalue weighted by Gasteiger charge is -2.19. The molecule has 0 saturated heterocycles. The molecular formula is C17H14FNO2S. The average Bonchev–Trinajstić information content (AvgIpc) is 2.54. The van der Waals surface area contributed by atoms with Crippen LogP contribution < -0.4 is 4.31 Å². The zero-order valence-corrected chi connectivity index (χ0v) is 12.7. The van der Waals surface area contributed by atoms with Crippen molar-refractivity contribution < 1.29 is 12.8 Å². The molecule has 0 bridgehead atoms. The molecule has 22 heavy (non-hydrogen) atoms. The highest BCUT2D eigenvalue weighted by atomic mass is 32.2. The van der Waals surface area contributed by atoms with Crippen LogP contribution >= 0.6 is 0 Å². The van der Waals surface area contributed by atoms with E-state index in [9.17, 15) is 12.8 Å². The Kier molecular flexibility index (Phi) is 3.58. The van der Waals surface area contributed by atoms with Crippen molar-refractivity contribution in [3.63, 3.8) is 0 Å². The molecule has 0 aromatic heterocycles. The topological polar surface area (TPSA) is 37.4 Å². The molecular weight excluding hydrogens is 301 g/mol. The number of benzene rings is 3. The molecule has 0 unspecified atom stereocenters.